The van der Waals surface area contributed by atoms with Crippen LogP contribution in [0.5, 0.6) is 0 Å². The van der Waals surface area contributed by atoms with Crippen molar-refractivity contribution in [2.24, 2.45) is 0 Å². The van der Waals surface area contributed by atoms with Gasteiger partial charge < -0.3 is 33.3 Å². The van der Waals surface area contributed by atoms with E-state index in [2.05, 4.69) is 135 Å². The van der Waals surface area contributed by atoms with Gasteiger partial charge in [-0.2, -0.15) is 0 Å². The van der Waals surface area contributed by atoms with E-state index < -0.39 is 24.3 Å². The van der Waals surface area contributed by atoms with Crippen LogP contribution in [0.2, 0.25) is 0 Å². The van der Waals surface area contributed by atoms with Crippen LogP contribution >= 0.6 is 0 Å². The Morgan fingerprint density at radius 3 is 1.13 bits per heavy atom. The highest BCUT2D eigenvalue weighted by molar-refractivity contribution is 5.70. The summed E-state index contributed by atoms with van der Waals surface area (Å²) in [7, 11) is 5.90. The maximum Gasteiger partial charge on any atom is 0.306 e. The molecule has 71 heavy (non-hydrogen) atoms. The smallest absolute Gasteiger partial charge is 0.306 e. The van der Waals surface area contributed by atoms with Crippen molar-refractivity contribution in [3.63, 3.8) is 0 Å². The topological polar surface area (TPSA) is 111 Å². The molecule has 2 unspecified atom stereocenters. The lowest BCUT2D eigenvalue weighted by Gasteiger charge is -2.26. The van der Waals surface area contributed by atoms with Crippen LogP contribution in [0.15, 0.2) is 122 Å². The fraction of sp³-hybridized carbons (Fsp3) is 0.629. The minimum absolute atomic E-state index is 0.134. The molecule has 0 spiro atoms. The molecule has 0 N–H and O–H groups in total. The number of carboxylic acid groups (broad SMARTS) is 1. The summed E-state index contributed by atoms with van der Waals surface area (Å²) in [5, 5.41) is 11.8. The first-order valence-corrected chi connectivity index (χ1v) is 27.7. The van der Waals surface area contributed by atoms with Crippen molar-refractivity contribution in [3.05, 3.63) is 122 Å². The van der Waals surface area contributed by atoms with Crippen LogP contribution in [0.3, 0.4) is 0 Å². The van der Waals surface area contributed by atoms with Gasteiger partial charge in [-0.25, -0.2) is 0 Å². The Hall–Kier alpha value is -4.31. The fourth-order valence-electron chi connectivity index (χ4n) is 7.00. The van der Waals surface area contributed by atoms with Gasteiger partial charge >= 0.3 is 11.9 Å². The minimum Gasteiger partial charge on any atom is -0.545 e. The number of unbranched alkanes of at least 4 members (excludes halogenated alkanes) is 14. The molecule has 0 fully saturated rings. The van der Waals surface area contributed by atoms with Crippen molar-refractivity contribution in [1.29, 1.82) is 0 Å². The average Bonchev–Trinajstić information content (AvgIpc) is 3.34. The Kier molecular flexibility index (Phi) is 48.9. The molecule has 0 radical (unpaired) electrons. The van der Waals surface area contributed by atoms with Crippen LogP contribution < -0.4 is 5.11 Å². The number of hydrogen-bond donors (Lipinski definition) is 0. The zero-order chi connectivity index (χ0) is 52.0. The molecule has 0 amide bonds. The second-order valence-corrected chi connectivity index (χ2v) is 19.1. The molecule has 0 aliphatic heterocycles. The number of allylic oxidation sites excluding steroid dienone is 20. The summed E-state index contributed by atoms with van der Waals surface area (Å²) in [6, 6.07) is 0. The normalized spacial score (nSPS) is 13.8. The molecule has 402 valence electrons. The molecule has 0 saturated heterocycles. The maximum atomic E-state index is 12.8. The number of ether oxygens (including phenoxy) is 4. The average molecular weight is 988 g/mol. The molecule has 0 aliphatic carbocycles. The van der Waals surface area contributed by atoms with Gasteiger partial charge in [-0.05, 0) is 103 Å². The molecular weight excluding hydrogens is 887 g/mol. The molecule has 0 rings (SSSR count). The SMILES string of the molecule is CC/C=C\C/C=C\C/C=C\C/C=C\C/C=C\C/C=C\CCCCCCC(=O)OC(COC(=O)CCCCCCCCCCCC/C=C\C/C=C\C/C=C\C/C=C\CC)COC(OCC[N+](C)(C)C)C(=O)[O-]. The van der Waals surface area contributed by atoms with Crippen LogP contribution in [-0.2, 0) is 33.3 Å². The number of nitrogens with zero attached hydrogens (tertiary/aromatic N) is 1. The highest BCUT2D eigenvalue weighted by Crippen LogP contribution is 2.14. The number of carbonyl (C=O) groups excluding carboxylic acids is 3. The summed E-state index contributed by atoms with van der Waals surface area (Å²) in [5.41, 5.74) is 0. The third-order valence-corrected chi connectivity index (χ3v) is 11.2. The first-order chi connectivity index (χ1) is 34.6. The van der Waals surface area contributed by atoms with Crippen molar-refractivity contribution in [2.45, 2.75) is 206 Å². The van der Waals surface area contributed by atoms with Crippen LogP contribution in [0.4, 0.5) is 0 Å². The third-order valence-electron chi connectivity index (χ3n) is 11.2. The van der Waals surface area contributed by atoms with Crippen molar-refractivity contribution >= 4 is 17.9 Å². The van der Waals surface area contributed by atoms with Gasteiger partial charge in [-0.3, -0.25) is 9.59 Å². The predicted molar refractivity (Wildman–Crippen MR) is 296 cm³/mol. The zero-order valence-corrected chi connectivity index (χ0v) is 45.5. The Balaban J connectivity index is 4.38. The first kappa shape index (κ1) is 66.7. The summed E-state index contributed by atoms with van der Waals surface area (Å²) in [6.07, 6.45) is 69.5. The molecule has 0 aromatic rings. The van der Waals surface area contributed by atoms with Gasteiger partial charge in [0.15, 0.2) is 12.4 Å². The third kappa shape index (κ3) is 53.3. The molecule has 0 aromatic carbocycles. The van der Waals surface area contributed by atoms with E-state index in [0.29, 0.717) is 17.4 Å². The van der Waals surface area contributed by atoms with E-state index in [4.69, 9.17) is 18.9 Å². The summed E-state index contributed by atoms with van der Waals surface area (Å²) in [6.45, 7) is 4.46. The van der Waals surface area contributed by atoms with Crippen LogP contribution in [-0.4, -0.2) is 82.3 Å². The van der Waals surface area contributed by atoms with Gasteiger partial charge in [0.2, 0.25) is 0 Å². The van der Waals surface area contributed by atoms with E-state index >= 15 is 0 Å². The molecule has 0 heterocycles. The van der Waals surface area contributed by atoms with Crippen molar-refractivity contribution < 1.29 is 42.9 Å². The number of esters is 2. The minimum atomic E-state index is -1.64. The standard InChI is InChI=1S/C62H101NO8/c1-6-8-10-12-14-16-18-20-22-24-26-28-30-32-34-36-38-40-42-44-46-48-50-52-59(64)69-56-58(57-70-62(61(66)67)68-55-54-63(3,4)5)71-60(65)53-51-49-47-45-43-41-39-37-35-33-31-29-27-25-23-21-19-17-15-13-11-9-7-2/h8-11,14-17,20-23,26-29,33,35,39,41,58,62H,6-7,12-13,18-19,24-25,30-32,34,36-38,40,42-57H2,1-5H3/b10-8-,11-9-,16-14-,17-15-,22-20-,23-21-,28-26-,29-27-,35-33-,41-39-. The van der Waals surface area contributed by atoms with Gasteiger partial charge in [0.05, 0.1) is 40.3 Å². The largest absolute Gasteiger partial charge is 0.545 e. The lowest BCUT2D eigenvalue weighted by molar-refractivity contribution is -0.870. The molecule has 0 saturated carbocycles. The van der Waals surface area contributed by atoms with Gasteiger partial charge in [0.1, 0.15) is 13.2 Å². The zero-order valence-electron chi connectivity index (χ0n) is 45.5. The van der Waals surface area contributed by atoms with Crippen LogP contribution in [0.25, 0.3) is 0 Å². The Morgan fingerprint density at radius 2 is 0.761 bits per heavy atom. The number of carbonyl (C=O) groups is 3. The Labute approximate surface area is 434 Å². The highest BCUT2D eigenvalue weighted by Gasteiger charge is 2.22. The van der Waals surface area contributed by atoms with Gasteiger partial charge in [-0.1, -0.05) is 200 Å². The second kappa shape index (κ2) is 52.0. The number of aliphatic carboxylic acids is 1. The molecule has 9 heteroatoms. The van der Waals surface area contributed by atoms with Gasteiger partial charge in [0.25, 0.3) is 0 Å². The van der Waals surface area contributed by atoms with Crippen molar-refractivity contribution in [1.82, 2.24) is 0 Å². The van der Waals surface area contributed by atoms with Crippen LogP contribution in [0.1, 0.15) is 194 Å². The highest BCUT2D eigenvalue weighted by atomic mass is 16.7. The maximum absolute atomic E-state index is 12.8. The van der Waals surface area contributed by atoms with Crippen molar-refractivity contribution in [3.8, 4) is 0 Å². The van der Waals surface area contributed by atoms with E-state index in [-0.39, 0.29) is 38.6 Å². The molecule has 0 aliphatic rings. The molecule has 2 atom stereocenters. The van der Waals surface area contributed by atoms with E-state index in [1.807, 2.05) is 21.1 Å². The fourth-order valence-corrected chi connectivity index (χ4v) is 7.00. The molecule has 0 aromatic heterocycles. The number of carboxylic acids is 1. The van der Waals surface area contributed by atoms with E-state index in [9.17, 15) is 19.5 Å². The van der Waals surface area contributed by atoms with Crippen molar-refractivity contribution in [2.75, 3.05) is 47.5 Å². The number of quaternary nitrogens is 1. The van der Waals surface area contributed by atoms with Gasteiger partial charge in [-0.15, -0.1) is 0 Å². The number of hydrogen-bond acceptors (Lipinski definition) is 8. The quantitative estimate of drug-likeness (QED) is 0.0195. The Morgan fingerprint density at radius 1 is 0.423 bits per heavy atom. The monoisotopic (exact) mass is 988 g/mol. The van der Waals surface area contributed by atoms with E-state index in [1.165, 1.54) is 38.5 Å². The summed E-state index contributed by atoms with van der Waals surface area (Å²) >= 11 is 0. The van der Waals surface area contributed by atoms with Gasteiger partial charge in [0, 0.05) is 12.8 Å². The Bertz CT molecular complexity index is 1570. The van der Waals surface area contributed by atoms with E-state index in [0.717, 1.165) is 122 Å². The first-order valence-electron chi connectivity index (χ1n) is 27.7. The lowest BCUT2D eigenvalue weighted by Crippen LogP contribution is -2.44. The molecule has 9 nitrogen and oxygen atoms in total. The summed E-state index contributed by atoms with van der Waals surface area (Å²) in [5.74, 6) is -2.34. The second-order valence-electron chi connectivity index (χ2n) is 19.1. The lowest BCUT2D eigenvalue weighted by atomic mass is 10.1. The summed E-state index contributed by atoms with van der Waals surface area (Å²) < 4.78 is 22.6. The summed E-state index contributed by atoms with van der Waals surface area (Å²) in [4.78, 5) is 37.3. The molecular formula is C62H101NO8. The molecule has 0 bridgehead atoms. The van der Waals surface area contributed by atoms with E-state index in [1.54, 1.807) is 0 Å². The number of rotatable bonds is 49. The number of likely N-dealkylation sites (N-methyl/N-ethyl adjacent to an activating group) is 1. The predicted octanol–water partition coefficient (Wildman–Crippen LogP) is 14.8. The van der Waals surface area contributed by atoms with Crippen LogP contribution in [0, 0.1) is 0 Å².